The number of anilines is 6. The number of hydrogen-bond acceptors (Lipinski definition) is 2. The molecule has 1 aliphatic carbocycles. The van der Waals surface area contributed by atoms with Crippen molar-refractivity contribution >= 4 is 44.9 Å². The lowest BCUT2D eigenvalue weighted by atomic mass is 9.82. The molecular formula is C61H46N2. The van der Waals surface area contributed by atoms with Crippen LogP contribution in [0.1, 0.15) is 25.0 Å². The van der Waals surface area contributed by atoms with Crippen molar-refractivity contribution in [3.63, 3.8) is 0 Å². The minimum atomic E-state index is -0.106. The van der Waals surface area contributed by atoms with Crippen molar-refractivity contribution in [2.45, 2.75) is 19.3 Å². The van der Waals surface area contributed by atoms with E-state index in [0.717, 1.165) is 50.8 Å². The second-order valence-electron chi connectivity index (χ2n) is 16.9. The van der Waals surface area contributed by atoms with Crippen molar-refractivity contribution in [2.24, 2.45) is 0 Å². The van der Waals surface area contributed by atoms with Crippen LogP contribution < -0.4 is 9.80 Å². The maximum Gasteiger partial charge on any atom is 0.0540 e. The van der Waals surface area contributed by atoms with Crippen LogP contribution in [0.3, 0.4) is 0 Å². The van der Waals surface area contributed by atoms with Gasteiger partial charge in [-0.05, 0) is 104 Å². The van der Waals surface area contributed by atoms with Crippen molar-refractivity contribution < 1.29 is 0 Å². The van der Waals surface area contributed by atoms with Gasteiger partial charge in [0, 0.05) is 39.0 Å². The third-order valence-electron chi connectivity index (χ3n) is 12.9. The highest BCUT2D eigenvalue weighted by Gasteiger charge is 2.36. The molecule has 0 aromatic heterocycles. The van der Waals surface area contributed by atoms with Crippen LogP contribution >= 0.6 is 0 Å². The van der Waals surface area contributed by atoms with Crippen LogP contribution in [-0.4, -0.2) is 0 Å². The first-order valence-electron chi connectivity index (χ1n) is 21.8. The van der Waals surface area contributed by atoms with Crippen LogP contribution in [-0.2, 0) is 5.41 Å². The lowest BCUT2D eigenvalue weighted by Crippen LogP contribution is -2.16. The number of para-hydroxylation sites is 3. The molecule has 0 spiro atoms. The second kappa shape index (κ2) is 15.8. The molecule has 0 heterocycles. The molecule has 0 bridgehead atoms. The number of rotatable bonds is 9. The summed E-state index contributed by atoms with van der Waals surface area (Å²) in [6.45, 7) is 4.70. The average molecular weight is 807 g/mol. The predicted molar refractivity (Wildman–Crippen MR) is 267 cm³/mol. The lowest BCUT2D eigenvalue weighted by molar-refractivity contribution is 0.660. The summed E-state index contributed by atoms with van der Waals surface area (Å²) in [4.78, 5) is 4.84. The first-order chi connectivity index (χ1) is 31.0. The Morgan fingerprint density at radius 3 is 1.44 bits per heavy atom. The molecule has 0 aliphatic heterocycles. The molecule has 11 rings (SSSR count). The summed E-state index contributed by atoms with van der Waals surface area (Å²) >= 11 is 0. The topological polar surface area (TPSA) is 6.48 Å². The molecule has 300 valence electrons. The normalized spacial score (nSPS) is 12.4. The van der Waals surface area contributed by atoms with Gasteiger partial charge in [-0.2, -0.15) is 0 Å². The maximum absolute atomic E-state index is 2.42. The fourth-order valence-electron chi connectivity index (χ4n) is 9.74. The van der Waals surface area contributed by atoms with Crippen molar-refractivity contribution in [1.29, 1.82) is 0 Å². The Labute approximate surface area is 370 Å². The molecule has 0 fully saturated rings. The van der Waals surface area contributed by atoms with Gasteiger partial charge in [0.15, 0.2) is 0 Å². The van der Waals surface area contributed by atoms with Crippen molar-refractivity contribution in [1.82, 2.24) is 0 Å². The summed E-state index contributed by atoms with van der Waals surface area (Å²) in [6, 6.07) is 88.2. The molecule has 0 unspecified atom stereocenters. The third-order valence-corrected chi connectivity index (χ3v) is 12.9. The van der Waals surface area contributed by atoms with E-state index >= 15 is 0 Å². The fourth-order valence-corrected chi connectivity index (χ4v) is 9.74. The van der Waals surface area contributed by atoms with E-state index in [4.69, 9.17) is 0 Å². The Hall–Kier alpha value is -7.94. The van der Waals surface area contributed by atoms with E-state index in [0.29, 0.717) is 0 Å². The molecule has 63 heavy (non-hydrogen) atoms. The van der Waals surface area contributed by atoms with Gasteiger partial charge in [0.25, 0.3) is 0 Å². The molecule has 0 N–H and O–H groups in total. The van der Waals surface area contributed by atoms with Gasteiger partial charge in [-0.15, -0.1) is 0 Å². The van der Waals surface area contributed by atoms with Crippen molar-refractivity contribution in [3.05, 3.63) is 254 Å². The van der Waals surface area contributed by atoms with E-state index in [9.17, 15) is 0 Å². The SMILES string of the molecule is CC1(C)c2ccccc2-c2ccc(N(c3ccccc3)c3ccccc3-c3ccc(-c4ccccc4N(c4ccc(-c5ccccc5)cc4)c4cccc5ccccc45)cc3)cc21. The van der Waals surface area contributed by atoms with Gasteiger partial charge in [-0.25, -0.2) is 0 Å². The summed E-state index contributed by atoms with van der Waals surface area (Å²) in [7, 11) is 0. The maximum atomic E-state index is 2.42. The van der Waals surface area contributed by atoms with Crippen LogP contribution in [0.5, 0.6) is 0 Å². The molecule has 0 saturated carbocycles. The van der Waals surface area contributed by atoms with E-state index in [1.165, 1.54) is 49.7 Å². The van der Waals surface area contributed by atoms with Gasteiger partial charge in [0.05, 0.1) is 17.1 Å². The van der Waals surface area contributed by atoms with E-state index in [1.54, 1.807) is 0 Å². The largest absolute Gasteiger partial charge is 0.310 e. The van der Waals surface area contributed by atoms with Crippen molar-refractivity contribution in [3.8, 4) is 44.5 Å². The Kier molecular flexibility index (Phi) is 9.55. The van der Waals surface area contributed by atoms with E-state index < -0.39 is 0 Å². The number of nitrogens with zero attached hydrogens (tertiary/aromatic N) is 2. The monoisotopic (exact) mass is 806 g/mol. The van der Waals surface area contributed by atoms with E-state index in [1.807, 2.05) is 0 Å². The van der Waals surface area contributed by atoms with Crippen LogP contribution in [0, 0.1) is 0 Å². The van der Waals surface area contributed by atoms with Crippen LogP contribution in [0.25, 0.3) is 55.3 Å². The summed E-state index contributed by atoms with van der Waals surface area (Å²) in [5, 5.41) is 2.41. The lowest BCUT2D eigenvalue weighted by Gasteiger charge is -2.30. The Bertz CT molecular complexity index is 3230. The zero-order valence-corrected chi connectivity index (χ0v) is 35.5. The first kappa shape index (κ1) is 38.0. The molecular weight excluding hydrogens is 761 g/mol. The minimum Gasteiger partial charge on any atom is -0.310 e. The summed E-state index contributed by atoms with van der Waals surface area (Å²) < 4.78 is 0. The van der Waals surface area contributed by atoms with Gasteiger partial charge in [0.2, 0.25) is 0 Å². The molecule has 0 radical (unpaired) electrons. The zero-order valence-electron chi connectivity index (χ0n) is 35.5. The fraction of sp³-hybridized carbons (Fsp3) is 0.0492. The molecule has 10 aromatic carbocycles. The molecule has 2 nitrogen and oxygen atoms in total. The Morgan fingerprint density at radius 2 is 0.746 bits per heavy atom. The highest BCUT2D eigenvalue weighted by molar-refractivity contribution is 6.01. The first-order valence-corrected chi connectivity index (χ1v) is 21.8. The van der Waals surface area contributed by atoms with Crippen LogP contribution in [0.4, 0.5) is 34.1 Å². The van der Waals surface area contributed by atoms with Gasteiger partial charge in [-0.3, -0.25) is 0 Å². The van der Waals surface area contributed by atoms with Gasteiger partial charge >= 0.3 is 0 Å². The van der Waals surface area contributed by atoms with Gasteiger partial charge < -0.3 is 9.80 Å². The summed E-state index contributed by atoms with van der Waals surface area (Å²) in [6.07, 6.45) is 0. The van der Waals surface area contributed by atoms with Gasteiger partial charge in [-0.1, -0.05) is 202 Å². The number of benzene rings is 10. The zero-order chi connectivity index (χ0) is 42.3. The average Bonchev–Trinajstić information content (AvgIpc) is 3.58. The molecule has 0 amide bonds. The van der Waals surface area contributed by atoms with Crippen molar-refractivity contribution in [2.75, 3.05) is 9.80 Å². The van der Waals surface area contributed by atoms with E-state index in [2.05, 4.69) is 266 Å². The van der Waals surface area contributed by atoms with E-state index in [-0.39, 0.29) is 5.41 Å². The highest BCUT2D eigenvalue weighted by atomic mass is 15.2. The third kappa shape index (κ3) is 6.77. The highest BCUT2D eigenvalue weighted by Crippen LogP contribution is 2.51. The minimum absolute atomic E-state index is 0.106. The Balaban J connectivity index is 1.00. The number of hydrogen-bond donors (Lipinski definition) is 0. The Morgan fingerprint density at radius 1 is 0.286 bits per heavy atom. The molecule has 10 aromatic rings. The summed E-state index contributed by atoms with van der Waals surface area (Å²) in [5.41, 5.74) is 19.1. The molecule has 1 aliphatic rings. The molecule has 0 atom stereocenters. The molecule has 0 saturated heterocycles. The second-order valence-corrected chi connectivity index (χ2v) is 16.9. The quantitative estimate of drug-likeness (QED) is 0.143. The smallest absolute Gasteiger partial charge is 0.0540 e. The number of fused-ring (bicyclic) bond motifs is 4. The molecule has 2 heteroatoms. The van der Waals surface area contributed by atoms with Crippen LogP contribution in [0.2, 0.25) is 0 Å². The standard InChI is InChI=1S/C61H46N2/c1-61(2)56-28-14-11-27-54(56)55-41-40-50(42-57(55)61)62(48-22-7-4-8-23-48)58-29-15-12-25-52(58)46-32-34-47(35-33-46)53-26-13-16-30-59(53)63(60-31-17-21-45-20-9-10-24-51(45)60)49-38-36-44(37-39-49)43-18-5-3-6-19-43/h3-42H,1-2H3. The van der Waals surface area contributed by atoms with Crippen LogP contribution in [0.15, 0.2) is 243 Å². The predicted octanol–water partition coefficient (Wildman–Crippen LogP) is 17.1. The summed E-state index contributed by atoms with van der Waals surface area (Å²) in [5.74, 6) is 0. The van der Waals surface area contributed by atoms with Gasteiger partial charge in [0.1, 0.15) is 0 Å².